The first kappa shape index (κ1) is 11.3. The third-order valence-corrected chi connectivity index (χ3v) is 2.49. The van der Waals surface area contributed by atoms with E-state index < -0.39 is 0 Å². The first-order valence-electron chi connectivity index (χ1n) is 5.51. The zero-order valence-corrected chi connectivity index (χ0v) is 10.0. The monoisotopic (exact) mass is 222 g/mol. The Morgan fingerprint density at radius 2 is 1.24 bits per heavy atom. The van der Waals surface area contributed by atoms with Gasteiger partial charge in [-0.3, -0.25) is 0 Å². The van der Waals surface area contributed by atoms with Crippen molar-refractivity contribution in [3.8, 4) is 17.6 Å². The van der Waals surface area contributed by atoms with Crippen LogP contribution in [0.15, 0.2) is 48.5 Å². The summed E-state index contributed by atoms with van der Waals surface area (Å²) in [5, 5.41) is 0. The van der Waals surface area contributed by atoms with Gasteiger partial charge in [-0.1, -0.05) is 29.5 Å². The summed E-state index contributed by atoms with van der Waals surface area (Å²) in [5.41, 5.74) is 3.28. The summed E-state index contributed by atoms with van der Waals surface area (Å²) in [6.07, 6.45) is 0. The molecular formula is C16H14O. The largest absolute Gasteiger partial charge is 0.497 e. The van der Waals surface area contributed by atoms with Crippen molar-refractivity contribution in [1.82, 2.24) is 0 Å². The molecule has 0 aliphatic heterocycles. The normalized spacial score (nSPS) is 9.29. The maximum atomic E-state index is 5.10. The summed E-state index contributed by atoms with van der Waals surface area (Å²) in [6, 6.07) is 16.0. The van der Waals surface area contributed by atoms with E-state index >= 15 is 0 Å². The molecule has 2 rings (SSSR count). The first-order chi connectivity index (χ1) is 8.28. The third kappa shape index (κ3) is 3.12. The quantitative estimate of drug-likeness (QED) is 0.672. The van der Waals surface area contributed by atoms with Crippen molar-refractivity contribution in [2.24, 2.45) is 0 Å². The molecule has 84 valence electrons. The average molecular weight is 222 g/mol. The molecule has 0 spiro atoms. The third-order valence-electron chi connectivity index (χ3n) is 2.49. The highest BCUT2D eigenvalue weighted by molar-refractivity contribution is 5.44. The molecule has 2 aromatic carbocycles. The van der Waals surface area contributed by atoms with Crippen molar-refractivity contribution in [3.63, 3.8) is 0 Å². The van der Waals surface area contributed by atoms with Gasteiger partial charge in [0.2, 0.25) is 0 Å². The molecule has 0 aliphatic rings. The Bertz CT molecular complexity index is 539. The lowest BCUT2D eigenvalue weighted by Crippen LogP contribution is -1.82. The van der Waals surface area contributed by atoms with Crippen LogP contribution >= 0.6 is 0 Å². The molecule has 0 radical (unpaired) electrons. The Balaban J connectivity index is 2.17. The van der Waals surface area contributed by atoms with Gasteiger partial charge in [-0.25, -0.2) is 0 Å². The van der Waals surface area contributed by atoms with Gasteiger partial charge in [0.15, 0.2) is 0 Å². The van der Waals surface area contributed by atoms with Gasteiger partial charge in [0.05, 0.1) is 7.11 Å². The van der Waals surface area contributed by atoms with Crippen LogP contribution in [0.25, 0.3) is 0 Å². The fraction of sp³-hybridized carbons (Fsp3) is 0.125. The highest BCUT2D eigenvalue weighted by atomic mass is 16.5. The fourth-order valence-corrected chi connectivity index (χ4v) is 1.46. The maximum absolute atomic E-state index is 5.10. The van der Waals surface area contributed by atoms with Gasteiger partial charge in [-0.15, -0.1) is 0 Å². The lowest BCUT2D eigenvalue weighted by molar-refractivity contribution is 0.415. The maximum Gasteiger partial charge on any atom is 0.118 e. The van der Waals surface area contributed by atoms with Gasteiger partial charge >= 0.3 is 0 Å². The van der Waals surface area contributed by atoms with Crippen LogP contribution < -0.4 is 4.74 Å². The van der Waals surface area contributed by atoms with Crippen molar-refractivity contribution in [3.05, 3.63) is 65.2 Å². The van der Waals surface area contributed by atoms with E-state index in [1.165, 1.54) is 5.56 Å². The second-order valence-corrected chi connectivity index (χ2v) is 3.84. The Morgan fingerprint density at radius 3 is 1.71 bits per heavy atom. The summed E-state index contributed by atoms with van der Waals surface area (Å²) in [5.74, 6) is 7.11. The second-order valence-electron chi connectivity index (χ2n) is 3.84. The number of rotatable bonds is 1. The molecule has 2 aromatic rings. The molecule has 1 nitrogen and oxygen atoms in total. The number of methoxy groups -OCH3 is 1. The summed E-state index contributed by atoms with van der Waals surface area (Å²) in [4.78, 5) is 0. The Kier molecular flexibility index (Phi) is 3.47. The van der Waals surface area contributed by atoms with Crippen LogP contribution in [-0.2, 0) is 0 Å². The SMILES string of the molecule is COc1ccc(C#Cc2ccc(C)cc2)cc1. The van der Waals surface area contributed by atoms with Gasteiger partial charge < -0.3 is 4.74 Å². The smallest absolute Gasteiger partial charge is 0.118 e. The summed E-state index contributed by atoms with van der Waals surface area (Å²) >= 11 is 0. The van der Waals surface area contributed by atoms with Gasteiger partial charge in [-0.05, 0) is 43.3 Å². The fourth-order valence-electron chi connectivity index (χ4n) is 1.46. The van der Waals surface area contributed by atoms with Crippen LogP contribution in [0.4, 0.5) is 0 Å². The van der Waals surface area contributed by atoms with Crippen LogP contribution in [0.2, 0.25) is 0 Å². The molecule has 1 heteroatoms. The van der Waals surface area contributed by atoms with Crippen LogP contribution in [0.5, 0.6) is 5.75 Å². The van der Waals surface area contributed by atoms with Crippen molar-refractivity contribution in [2.45, 2.75) is 6.92 Å². The standard InChI is InChI=1S/C16H14O/c1-13-3-5-14(6-4-13)7-8-15-9-11-16(17-2)12-10-15/h3-6,9-12H,1-2H3. The van der Waals surface area contributed by atoms with E-state index in [0.717, 1.165) is 16.9 Å². The molecule has 0 heterocycles. The first-order valence-corrected chi connectivity index (χ1v) is 5.51. The van der Waals surface area contributed by atoms with Crippen molar-refractivity contribution in [2.75, 3.05) is 7.11 Å². The number of benzene rings is 2. The van der Waals surface area contributed by atoms with E-state index in [0.29, 0.717) is 0 Å². The minimum Gasteiger partial charge on any atom is -0.497 e. The summed E-state index contributed by atoms with van der Waals surface area (Å²) in [7, 11) is 1.66. The highest BCUT2D eigenvalue weighted by Crippen LogP contribution is 2.10. The van der Waals surface area contributed by atoms with Gasteiger partial charge in [0.25, 0.3) is 0 Å². The zero-order chi connectivity index (χ0) is 12.1. The predicted octanol–water partition coefficient (Wildman–Crippen LogP) is 3.40. The molecule has 0 saturated carbocycles. The molecule has 0 bridgehead atoms. The van der Waals surface area contributed by atoms with E-state index in [1.807, 2.05) is 36.4 Å². The predicted molar refractivity (Wildman–Crippen MR) is 70.2 cm³/mol. The average Bonchev–Trinajstić information content (AvgIpc) is 2.39. The lowest BCUT2D eigenvalue weighted by Gasteiger charge is -1.97. The van der Waals surface area contributed by atoms with Crippen LogP contribution in [0, 0.1) is 18.8 Å². The number of hydrogen-bond donors (Lipinski definition) is 0. The van der Waals surface area contributed by atoms with Crippen molar-refractivity contribution >= 4 is 0 Å². The number of ether oxygens (including phenoxy) is 1. The van der Waals surface area contributed by atoms with E-state index in [4.69, 9.17) is 4.74 Å². The van der Waals surface area contributed by atoms with Gasteiger partial charge in [-0.2, -0.15) is 0 Å². The van der Waals surface area contributed by atoms with E-state index in [2.05, 4.69) is 30.9 Å². The van der Waals surface area contributed by atoms with Crippen LogP contribution in [0.3, 0.4) is 0 Å². The van der Waals surface area contributed by atoms with E-state index in [1.54, 1.807) is 7.11 Å². The number of hydrogen-bond acceptors (Lipinski definition) is 1. The molecular weight excluding hydrogens is 208 g/mol. The molecule has 17 heavy (non-hydrogen) atoms. The Labute approximate surface area is 102 Å². The van der Waals surface area contributed by atoms with E-state index in [-0.39, 0.29) is 0 Å². The summed E-state index contributed by atoms with van der Waals surface area (Å²) < 4.78 is 5.10. The van der Waals surface area contributed by atoms with Crippen molar-refractivity contribution in [1.29, 1.82) is 0 Å². The van der Waals surface area contributed by atoms with Gasteiger partial charge in [0, 0.05) is 11.1 Å². The molecule has 0 aromatic heterocycles. The molecule has 0 atom stereocenters. The molecule has 0 fully saturated rings. The minimum absolute atomic E-state index is 0.853. The van der Waals surface area contributed by atoms with Crippen LogP contribution in [0.1, 0.15) is 16.7 Å². The Morgan fingerprint density at radius 1 is 0.765 bits per heavy atom. The van der Waals surface area contributed by atoms with Crippen molar-refractivity contribution < 1.29 is 4.74 Å². The number of aryl methyl sites for hydroxylation is 1. The van der Waals surface area contributed by atoms with Crippen LogP contribution in [-0.4, -0.2) is 7.11 Å². The molecule has 0 saturated heterocycles. The lowest BCUT2D eigenvalue weighted by atomic mass is 10.1. The van der Waals surface area contributed by atoms with Gasteiger partial charge in [0.1, 0.15) is 5.75 Å². The molecule has 0 amide bonds. The Hall–Kier alpha value is -2.20. The highest BCUT2D eigenvalue weighted by Gasteiger charge is 1.90. The molecule has 0 N–H and O–H groups in total. The summed E-state index contributed by atoms with van der Waals surface area (Å²) in [6.45, 7) is 2.07. The van der Waals surface area contributed by atoms with E-state index in [9.17, 15) is 0 Å². The minimum atomic E-state index is 0.853. The molecule has 0 unspecified atom stereocenters. The second kappa shape index (κ2) is 5.23. The zero-order valence-electron chi connectivity index (χ0n) is 10.0. The molecule has 0 aliphatic carbocycles. The topological polar surface area (TPSA) is 9.23 Å².